The number of benzene rings is 1. The van der Waals surface area contributed by atoms with E-state index in [4.69, 9.17) is 0 Å². The number of nitrogens with zero attached hydrogens (tertiary/aromatic N) is 2. The van der Waals surface area contributed by atoms with E-state index in [9.17, 15) is 4.79 Å². The molecule has 5 nitrogen and oxygen atoms in total. The smallest absolute Gasteiger partial charge is 0.321 e. The molecule has 3 rings (SSSR count). The first kappa shape index (κ1) is 15.0. The Bertz CT molecular complexity index is 682. The summed E-state index contributed by atoms with van der Waals surface area (Å²) in [5.74, 6) is 0.671. The molecule has 1 aromatic carbocycles. The number of carbonyl (C=O) groups excluding carboxylic acids is 1. The van der Waals surface area contributed by atoms with Gasteiger partial charge in [-0.3, -0.25) is 5.32 Å². The topological polar surface area (TPSA) is 66.9 Å². The van der Waals surface area contributed by atoms with E-state index in [0.29, 0.717) is 17.5 Å². The Morgan fingerprint density at radius 3 is 2.55 bits per heavy atom. The number of urea groups is 1. The van der Waals surface area contributed by atoms with Gasteiger partial charge in [-0.2, -0.15) is 4.37 Å². The number of aromatic nitrogens is 2. The van der Waals surface area contributed by atoms with Crippen LogP contribution in [0.2, 0.25) is 0 Å². The lowest BCUT2D eigenvalue weighted by molar-refractivity contribution is 0.250. The molecule has 1 unspecified atom stereocenters. The number of amides is 2. The Hall–Kier alpha value is -1.95. The van der Waals surface area contributed by atoms with E-state index in [1.54, 1.807) is 6.92 Å². The average Bonchev–Trinajstić information content (AvgIpc) is 2.82. The van der Waals surface area contributed by atoms with Crippen molar-refractivity contribution in [2.45, 2.75) is 32.6 Å². The minimum Gasteiger partial charge on any atom is -0.337 e. The molecule has 1 aromatic heterocycles. The molecule has 6 heteroatoms. The SMILES string of the molecule is Cc1nsc(NC(=O)NCC2(c3ccccc3)CC2(C)C)n1. The molecule has 0 saturated heterocycles. The summed E-state index contributed by atoms with van der Waals surface area (Å²) >= 11 is 1.19. The van der Waals surface area contributed by atoms with Crippen LogP contribution in [0.4, 0.5) is 9.93 Å². The highest BCUT2D eigenvalue weighted by atomic mass is 32.1. The number of carbonyl (C=O) groups is 1. The van der Waals surface area contributed by atoms with Gasteiger partial charge in [-0.1, -0.05) is 44.2 Å². The van der Waals surface area contributed by atoms with Gasteiger partial charge >= 0.3 is 6.03 Å². The predicted octanol–water partition coefficient (Wildman–Crippen LogP) is 3.34. The van der Waals surface area contributed by atoms with Crippen molar-refractivity contribution in [1.29, 1.82) is 0 Å². The monoisotopic (exact) mass is 316 g/mol. The Morgan fingerprint density at radius 1 is 1.32 bits per heavy atom. The van der Waals surface area contributed by atoms with E-state index in [0.717, 1.165) is 6.42 Å². The van der Waals surface area contributed by atoms with Crippen LogP contribution in [-0.2, 0) is 5.41 Å². The molecule has 2 N–H and O–H groups in total. The van der Waals surface area contributed by atoms with Crippen molar-refractivity contribution in [3.63, 3.8) is 0 Å². The second kappa shape index (κ2) is 5.35. The molecule has 2 aromatic rings. The molecule has 0 bridgehead atoms. The molecule has 2 amide bonds. The van der Waals surface area contributed by atoms with Crippen LogP contribution in [0.15, 0.2) is 30.3 Å². The van der Waals surface area contributed by atoms with Gasteiger partial charge in [0, 0.05) is 23.5 Å². The van der Waals surface area contributed by atoms with Gasteiger partial charge in [0.1, 0.15) is 5.82 Å². The van der Waals surface area contributed by atoms with Gasteiger partial charge in [0.25, 0.3) is 0 Å². The van der Waals surface area contributed by atoms with E-state index in [1.165, 1.54) is 17.1 Å². The minimum atomic E-state index is -0.228. The van der Waals surface area contributed by atoms with Crippen LogP contribution in [0.3, 0.4) is 0 Å². The maximum absolute atomic E-state index is 12.1. The van der Waals surface area contributed by atoms with Crippen LogP contribution in [0, 0.1) is 12.3 Å². The van der Waals surface area contributed by atoms with E-state index < -0.39 is 0 Å². The summed E-state index contributed by atoms with van der Waals surface area (Å²) < 4.78 is 4.05. The molecule has 1 fully saturated rings. The molecule has 1 heterocycles. The average molecular weight is 316 g/mol. The quantitative estimate of drug-likeness (QED) is 0.909. The molecular weight excluding hydrogens is 296 g/mol. The van der Waals surface area contributed by atoms with E-state index >= 15 is 0 Å². The third kappa shape index (κ3) is 2.70. The molecule has 22 heavy (non-hydrogen) atoms. The zero-order valence-corrected chi connectivity index (χ0v) is 13.8. The van der Waals surface area contributed by atoms with Gasteiger partial charge in [0.2, 0.25) is 5.13 Å². The predicted molar refractivity (Wildman–Crippen MR) is 88.2 cm³/mol. The highest BCUT2D eigenvalue weighted by Crippen LogP contribution is 2.63. The normalized spacial score (nSPS) is 22.1. The van der Waals surface area contributed by atoms with Gasteiger partial charge in [0.05, 0.1) is 0 Å². The largest absolute Gasteiger partial charge is 0.337 e. The van der Waals surface area contributed by atoms with Crippen LogP contribution in [0.5, 0.6) is 0 Å². The van der Waals surface area contributed by atoms with Crippen molar-refractivity contribution in [3.05, 3.63) is 41.7 Å². The third-order valence-electron chi connectivity index (χ3n) is 4.54. The second-order valence-electron chi connectivity index (χ2n) is 6.46. The Morgan fingerprint density at radius 2 is 2.00 bits per heavy atom. The lowest BCUT2D eigenvalue weighted by atomic mass is 9.88. The van der Waals surface area contributed by atoms with Crippen molar-refractivity contribution in [2.75, 3.05) is 11.9 Å². The first-order valence-corrected chi connectivity index (χ1v) is 8.11. The van der Waals surface area contributed by atoms with Crippen LogP contribution in [0.25, 0.3) is 0 Å². The molecule has 0 radical (unpaired) electrons. The summed E-state index contributed by atoms with van der Waals surface area (Å²) in [5, 5.41) is 6.25. The summed E-state index contributed by atoms with van der Waals surface area (Å²) in [5.41, 5.74) is 1.50. The van der Waals surface area contributed by atoms with Gasteiger partial charge in [-0.25, -0.2) is 9.78 Å². The van der Waals surface area contributed by atoms with Crippen molar-refractivity contribution in [3.8, 4) is 0 Å². The fourth-order valence-electron chi connectivity index (χ4n) is 3.08. The molecule has 1 saturated carbocycles. The maximum atomic E-state index is 12.1. The van der Waals surface area contributed by atoms with Gasteiger partial charge in [0.15, 0.2) is 0 Å². The van der Waals surface area contributed by atoms with Gasteiger partial charge in [-0.15, -0.1) is 0 Å². The molecule has 1 atom stereocenters. The van der Waals surface area contributed by atoms with Crippen molar-refractivity contribution < 1.29 is 4.79 Å². The number of aryl methyl sites for hydroxylation is 1. The molecular formula is C16H20N4OS. The number of anilines is 1. The lowest BCUT2D eigenvalue weighted by Crippen LogP contribution is -2.37. The van der Waals surface area contributed by atoms with E-state index in [2.05, 4.69) is 58.1 Å². The fourth-order valence-corrected chi connectivity index (χ4v) is 3.66. The number of rotatable bonds is 4. The summed E-state index contributed by atoms with van der Waals surface area (Å²) in [7, 11) is 0. The van der Waals surface area contributed by atoms with Crippen molar-refractivity contribution in [2.24, 2.45) is 5.41 Å². The van der Waals surface area contributed by atoms with Gasteiger partial charge < -0.3 is 5.32 Å². The number of nitrogens with one attached hydrogen (secondary N) is 2. The summed E-state index contributed by atoms with van der Waals surface area (Å²) in [4.78, 5) is 16.2. The van der Waals surface area contributed by atoms with Crippen molar-refractivity contribution in [1.82, 2.24) is 14.7 Å². The van der Waals surface area contributed by atoms with Gasteiger partial charge in [-0.05, 0) is 24.3 Å². The zero-order chi connectivity index (χ0) is 15.8. The van der Waals surface area contributed by atoms with Crippen LogP contribution < -0.4 is 10.6 Å². The minimum absolute atomic E-state index is 0.0165. The van der Waals surface area contributed by atoms with Crippen molar-refractivity contribution >= 4 is 22.7 Å². The first-order valence-electron chi connectivity index (χ1n) is 7.34. The Labute approximate surface area is 134 Å². The summed E-state index contributed by atoms with van der Waals surface area (Å²) in [6.45, 7) is 6.91. The Kier molecular flexibility index (Phi) is 3.64. The second-order valence-corrected chi connectivity index (χ2v) is 7.22. The highest BCUT2D eigenvalue weighted by molar-refractivity contribution is 7.09. The van der Waals surface area contributed by atoms with E-state index in [1.807, 2.05) is 6.07 Å². The summed E-state index contributed by atoms with van der Waals surface area (Å²) in [6.07, 6.45) is 1.07. The highest BCUT2D eigenvalue weighted by Gasteiger charge is 2.61. The summed E-state index contributed by atoms with van der Waals surface area (Å²) in [6, 6.07) is 10.2. The lowest BCUT2D eigenvalue weighted by Gasteiger charge is -2.21. The fraction of sp³-hybridized carbons (Fsp3) is 0.438. The van der Waals surface area contributed by atoms with E-state index in [-0.39, 0.29) is 16.9 Å². The molecule has 0 aliphatic heterocycles. The molecule has 0 spiro atoms. The first-order chi connectivity index (χ1) is 10.4. The number of hydrogen-bond acceptors (Lipinski definition) is 4. The third-order valence-corrected chi connectivity index (χ3v) is 5.26. The van der Waals surface area contributed by atoms with Crippen LogP contribution >= 0.6 is 11.5 Å². The maximum Gasteiger partial charge on any atom is 0.321 e. The zero-order valence-electron chi connectivity index (χ0n) is 13.0. The Balaban J connectivity index is 1.65. The molecule has 116 valence electrons. The molecule has 1 aliphatic carbocycles. The van der Waals surface area contributed by atoms with Crippen LogP contribution in [-0.4, -0.2) is 21.9 Å². The molecule has 1 aliphatic rings. The van der Waals surface area contributed by atoms with Crippen LogP contribution in [0.1, 0.15) is 31.7 Å². The standard InChI is InChI=1S/C16H20N4OS/c1-11-18-14(22-20-11)19-13(21)17-10-16(9-15(16,2)3)12-7-5-4-6-8-12/h4-8H,9-10H2,1-3H3,(H2,17,18,19,20,21). The number of hydrogen-bond donors (Lipinski definition) is 2.